The molecule has 0 N–H and O–H groups in total. The molecule has 0 bridgehead atoms. The molecule has 6 heteroatoms. The summed E-state index contributed by atoms with van der Waals surface area (Å²) in [7, 11) is 0. The summed E-state index contributed by atoms with van der Waals surface area (Å²) in [5.74, 6) is 1.90. The number of amides is 1. The number of nitrogens with zero attached hydrogens (tertiary/aromatic N) is 3. The van der Waals surface area contributed by atoms with Crippen LogP contribution >= 0.6 is 11.6 Å². The van der Waals surface area contributed by atoms with Gasteiger partial charge in [-0.05, 0) is 55.0 Å². The summed E-state index contributed by atoms with van der Waals surface area (Å²) in [6.07, 6.45) is 0.435. The van der Waals surface area contributed by atoms with Gasteiger partial charge in [0.15, 0.2) is 0 Å². The molecule has 3 aromatic carbocycles. The number of hydrogen-bond donors (Lipinski definition) is 0. The highest BCUT2D eigenvalue weighted by Crippen LogP contribution is 2.34. The standard InChI is InChI=1S/C26H24ClN3O2/c1-18-15-20(11-12-22(18)27)30-17-19(16-25(30)31)26-28-23-9-5-6-10-24(23)29(26)13-14-32-21-7-3-2-4-8-21/h2-12,15,19H,13-14,16-17H2,1H3/t19-/m0/s1. The minimum atomic E-state index is 0.0163. The van der Waals surface area contributed by atoms with Gasteiger partial charge in [-0.15, -0.1) is 0 Å². The van der Waals surface area contributed by atoms with Gasteiger partial charge in [-0.25, -0.2) is 4.98 Å². The molecule has 0 spiro atoms. The molecule has 32 heavy (non-hydrogen) atoms. The summed E-state index contributed by atoms with van der Waals surface area (Å²) in [4.78, 5) is 19.7. The van der Waals surface area contributed by atoms with E-state index < -0.39 is 0 Å². The van der Waals surface area contributed by atoms with Crippen LogP contribution in [0.25, 0.3) is 11.0 Å². The smallest absolute Gasteiger partial charge is 0.227 e. The maximum absolute atomic E-state index is 12.9. The zero-order chi connectivity index (χ0) is 22.1. The van der Waals surface area contributed by atoms with E-state index in [2.05, 4.69) is 10.6 Å². The van der Waals surface area contributed by atoms with Gasteiger partial charge in [-0.2, -0.15) is 0 Å². The quantitative estimate of drug-likeness (QED) is 0.388. The van der Waals surface area contributed by atoms with Gasteiger partial charge in [0.2, 0.25) is 5.91 Å². The van der Waals surface area contributed by atoms with Crippen LogP contribution in [-0.2, 0) is 11.3 Å². The van der Waals surface area contributed by atoms with Gasteiger partial charge in [0.1, 0.15) is 18.2 Å². The summed E-state index contributed by atoms with van der Waals surface area (Å²) in [6, 6.07) is 23.6. The fraction of sp³-hybridized carbons (Fsp3) is 0.231. The Morgan fingerprint density at radius 2 is 1.84 bits per heavy atom. The number of rotatable bonds is 6. The lowest BCUT2D eigenvalue weighted by molar-refractivity contribution is -0.117. The number of aryl methyl sites for hydroxylation is 1. The molecule has 2 heterocycles. The van der Waals surface area contributed by atoms with Crippen molar-refractivity contribution in [1.29, 1.82) is 0 Å². The van der Waals surface area contributed by atoms with Gasteiger partial charge in [0.05, 0.1) is 17.6 Å². The Morgan fingerprint density at radius 1 is 1.06 bits per heavy atom. The zero-order valence-corrected chi connectivity index (χ0v) is 18.6. The maximum atomic E-state index is 12.9. The van der Waals surface area contributed by atoms with E-state index >= 15 is 0 Å². The van der Waals surface area contributed by atoms with Crippen molar-refractivity contribution in [3.05, 3.63) is 89.2 Å². The summed E-state index contributed by atoms with van der Waals surface area (Å²) in [6.45, 7) is 3.74. The molecule has 5 nitrogen and oxygen atoms in total. The highest BCUT2D eigenvalue weighted by molar-refractivity contribution is 6.31. The van der Waals surface area contributed by atoms with E-state index in [4.69, 9.17) is 21.3 Å². The highest BCUT2D eigenvalue weighted by Gasteiger charge is 2.35. The first-order valence-electron chi connectivity index (χ1n) is 10.8. The predicted molar refractivity (Wildman–Crippen MR) is 128 cm³/mol. The zero-order valence-electron chi connectivity index (χ0n) is 17.9. The first kappa shape index (κ1) is 20.6. The number of fused-ring (bicyclic) bond motifs is 1. The monoisotopic (exact) mass is 445 g/mol. The molecule has 5 rings (SSSR count). The second-order valence-electron chi connectivity index (χ2n) is 8.11. The van der Waals surface area contributed by atoms with E-state index in [-0.39, 0.29) is 11.8 Å². The molecule has 1 aromatic heterocycles. The van der Waals surface area contributed by atoms with Crippen LogP contribution in [0.15, 0.2) is 72.8 Å². The van der Waals surface area contributed by atoms with Crippen LogP contribution in [-0.4, -0.2) is 28.6 Å². The van der Waals surface area contributed by atoms with Crippen LogP contribution in [0.4, 0.5) is 5.69 Å². The second kappa shape index (κ2) is 8.67. The normalized spacial score (nSPS) is 16.1. The first-order chi connectivity index (χ1) is 15.6. The van der Waals surface area contributed by atoms with E-state index in [1.54, 1.807) is 0 Å². The van der Waals surface area contributed by atoms with Crippen LogP contribution in [0.2, 0.25) is 5.02 Å². The third kappa shape index (κ3) is 3.96. The van der Waals surface area contributed by atoms with Gasteiger partial charge in [0, 0.05) is 29.6 Å². The minimum absolute atomic E-state index is 0.0163. The summed E-state index contributed by atoms with van der Waals surface area (Å²) in [5, 5.41) is 0.706. The topological polar surface area (TPSA) is 47.4 Å². The van der Waals surface area contributed by atoms with Crippen molar-refractivity contribution in [3.63, 3.8) is 0 Å². The lowest BCUT2D eigenvalue weighted by atomic mass is 10.1. The number of carbonyl (C=O) groups excluding carboxylic acids is 1. The fourth-order valence-electron chi connectivity index (χ4n) is 4.34. The Morgan fingerprint density at radius 3 is 2.66 bits per heavy atom. The molecule has 1 saturated heterocycles. The molecule has 0 radical (unpaired) electrons. The van der Waals surface area contributed by atoms with Gasteiger partial charge >= 0.3 is 0 Å². The molecule has 1 aliphatic rings. The van der Waals surface area contributed by atoms with E-state index in [1.807, 2.05) is 78.6 Å². The Kier molecular flexibility index (Phi) is 5.58. The highest BCUT2D eigenvalue weighted by atomic mass is 35.5. The average Bonchev–Trinajstić information content (AvgIpc) is 3.37. The molecule has 0 saturated carbocycles. The molecular weight excluding hydrogens is 422 g/mol. The van der Waals surface area contributed by atoms with Gasteiger partial charge < -0.3 is 14.2 Å². The lowest BCUT2D eigenvalue weighted by Crippen LogP contribution is -2.24. The van der Waals surface area contributed by atoms with Crippen molar-refractivity contribution in [2.45, 2.75) is 25.8 Å². The summed E-state index contributed by atoms with van der Waals surface area (Å²) >= 11 is 6.18. The predicted octanol–water partition coefficient (Wildman–Crippen LogP) is 5.60. The minimum Gasteiger partial charge on any atom is -0.492 e. The van der Waals surface area contributed by atoms with Crippen molar-refractivity contribution >= 4 is 34.2 Å². The van der Waals surface area contributed by atoms with Crippen molar-refractivity contribution < 1.29 is 9.53 Å². The number of hydrogen-bond acceptors (Lipinski definition) is 3. The molecule has 1 amide bonds. The Labute approximate surface area is 192 Å². The van der Waals surface area contributed by atoms with E-state index in [0.29, 0.717) is 31.1 Å². The fourth-order valence-corrected chi connectivity index (χ4v) is 4.46. The lowest BCUT2D eigenvalue weighted by Gasteiger charge is -2.18. The number of aromatic nitrogens is 2. The summed E-state index contributed by atoms with van der Waals surface area (Å²) in [5.41, 5.74) is 3.85. The van der Waals surface area contributed by atoms with Gasteiger partial charge in [-0.3, -0.25) is 4.79 Å². The number of anilines is 1. The number of carbonyl (C=O) groups is 1. The number of imidazole rings is 1. The average molecular weight is 446 g/mol. The third-order valence-corrected chi connectivity index (χ3v) is 6.38. The Balaban J connectivity index is 1.41. The van der Waals surface area contributed by atoms with Crippen LogP contribution in [0, 0.1) is 6.92 Å². The van der Waals surface area contributed by atoms with Gasteiger partial charge in [0.25, 0.3) is 0 Å². The second-order valence-corrected chi connectivity index (χ2v) is 8.52. The van der Waals surface area contributed by atoms with Crippen LogP contribution in [0.5, 0.6) is 5.75 Å². The number of halogens is 1. The molecule has 0 unspecified atom stereocenters. The molecule has 1 fully saturated rings. The van der Waals surface area contributed by atoms with E-state index in [9.17, 15) is 4.79 Å². The van der Waals surface area contributed by atoms with E-state index in [1.165, 1.54) is 0 Å². The number of para-hydroxylation sites is 3. The van der Waals surface area contributed by atoms with Crippen molar-refractivity contribution in [2.75, 3.05) is 18.1 Å². The maximum Gasteiger partial charge on any atom is 0.227 e. The van der Waals surface area contributed by atoms with Gasteiger partial charge in [-0.1, -0.05) is 41.9 Å². The largest absolute Gasteiger partial charge is 0.492 e. The molecule has 4 aromatic rings. The SMILES string of the molecule is Cc1cc(N2C[C@@H](c3nc4ccccc4n3CCOc3ccccc3)CC2=O)ccc1Cl. The van der Waals surface area contributed by atoms with Crippen LogP contribution in [0.1, 0.15) is 23.7 Å². The molecule has 0 aliphatic carbocycles. The third-order valence-electron chi connectivity index (χ3n) is 5.95. The molecule has 1 atom stereocenters. The molecular formula is C26H24ClN3O2. The van der Waals surface area contributed by atoms with Crippen molar-refractivity contribution in [1.82, 2.24) is 9.55 Å². The Bertz CT molecular complexity index is 1270. The van der Waals surface area contributed by atoms with E-state index in [0.717, 1.165) is 33.9 Å². The number of benzene rings is 3. The molecule has 1 aliphatic heterocycles. The number of ether oxygens (including phenoxy) is 1. The first-order valence-corrected chi connectivity index (χ1v) is 11.2. The molecule has 162 valence electrons. The van der Waals surface area contributed by atoms with Crippen molar-refractivity contribution in [2.24, 2.45) is 0 Å². The van der Waals surface area contributed by atoms with Crippen LogP contribution in [0.3, 0.4) is 0 Å². The van der Waals surface area contributed by atoms with Crippen LogP contribution < -0.4 is 9.64 Å². The Hall–Kier alpha value is -3.31. The van der Waals surface area contributed by atoms with Crippen molar-refractivity contribution in [3.8, 4) is 5.75 Å². The summed E-state index contributed by atoms with van der Waals surface area (Å²) < 4.78 is 8.14.